The minimum Gasteiger partial charge on any atom is -0.378 e. The van der Waals surface area contributed by atoms with Crippen LogP contribution >= 0.6 is 0 Å². The van der Waals surface area contributed by atoms with E-state index in [0.717, 1.165) is 5.69 Å². The highest BCUT2D eigenvalue weighted by Gasteiger charge is 2.05. The van der Waals surface area contributed by atoms with Crippen LogP contribution in [-0.2, 0) is 0 Å². The number of nitrogens with zero attached hydrogens (tertiary/aromatic N) is 1. The number of hydrogen-bond acceptors (Lipinski definition) is 3. The van der Waals surface area contributed by atoms with Gasteiger partial charge in [0.1, 0.15) is 0 Å². The van der Waals surface area contributed by atoms with Gasteiger partial charge in [0.05, 0.1) is 0 Å². The van der Waals surface area contributed by atoms with Crippen molar-refractivity contribution >= 4 is 11.6 Å². The lowest BCUT2D eigenvalue weighted by atomic mass is 10.2. The van der Waals surface area contributed by atoms with E-state index in [4.69, 9.17) is 5.73 Å². The zero-order valence-electron chi connectivity index (χ0n) is 9.16. The largest absolute Gasteiger partial charge is 0.378 e. The number of carbonyl (C=O) groups is 1. The molecule has 1 aromatic rings. The summed E-state index contributed by atoms with van der Waals surface area (Å²) in [6.45, 7) is 0.962. The van der Waals surface area contributed by atoms with Crippen molar-refractivity contribution in [2.75, 3.05) is 32.1 Å². The van der Waals surface area contributed by atoms with Crippen molar-refractivity contribution in [1.29, 1.82) is 0 Å². The van der Waals surface area contributed by atoms with Gasteiger partial charge in [-0.2, -0.15) is 0 Å². The summed E-state index contributed by atoms with van der Waals surface area (Å²) in [6.07, 6.45) is 0. The molecule has 0 unspecified atom stereocenters. The standard InChI is InChI=1S/C11H17N3O/c1-14(2)10-5-3-4-9(8-10)11(15)13-7-6-12/h3-5,8H,6-7,12H2,1-2H3,(H,13,15). The summed E-state index contributed by atoms with van der Waals surface area (Å²) in [5, 5.41) is 2.73. The molecule has 0 spiro atoms. The van der Waals surface area contributed by atoms with E-state index in [-0.39, 0.29) is 5.91 Å². The van der Waals surface area contributed by atoms with Crippen molar-refractivity contribution in [3.63, 3.8) is 0 Å². The van der Waals surface area contributed by atoms with Crippen molar-refractivity contribution in [2.45, 2.75) is 0 Å². The first kappa shape index (κ1) is 11.5. The maximum Gasteiger partial charge on any atom is 0.251 e. The van der Waals surface area contributed by atoms with Crippen molar-refractivity contribution in [2.24, 2.45) is 5.73 Å². The molecule has 4 heteroatoms. The van der Waals surface area contributed by atoms with Crippen molar-refractivity contribution < 1.29 is 4.79 Å². The van der Waals surface area contributed by atoms with Crippen LogP contribution in [-0.4, -0.2) is 33.1 Å². The second kappa shape index (κ2) is 5.36. The van der Waals surface area contributed by atoms with E-state index in [1.165, 1.54) is 0 Å². The molecule has 0 atom stereocenters. The van der Waals surface area contributed by atoms with Gasteiger partial charge in [-0.25, -0.2) is 0 Å². The summed E-state index contributed by atoms with van der Waals surface area (Å²) in [4.78, 5) is 13.6. The van der Waals surface area contributed by atoms with Crippen LogP contribution in [0.4, 0.5) is 5.69 Å². The van der Waals surface area contributed by atoms with E-state index >= 15 is 0 Å². The predicted molar refractivity (Wildman–Crippen MR) is 62.2 cm³/mol. The van der Waals surface area contributed by atoms with Gasteiger partial charge in [0, 0.05) is 38.4 Å². The van der Waals surface area contributed by atoms with Crippen LogP contribution in [0, 0.1) is 0 Å². The fraction of sp³-hybridized carbons (Fsp3) is 0.364. The Labute approximate surface area is 90.1 Å². The number of rotatable bonds is 4. The first-order valence-corrected chi connectivity index (χ1v) is 4.91. The molecular weight excluding hydrogens is 190 g/mol. The molecule has 0 radical (unpaired) electrons. The third kappa shape index (κ3) is 3.25. The topological polar surface area (TPSA) is 58.4 Å². The molecular formula is C11H17N3O. The Kier molecular flexibility index (Phi) is 4.12. The van der Waals surface area contributed by atoms with Gasteiger partial charge in [-0.15, -0.1) is 0 Å². The van der Waals surface area contributed by atoms with Crippen LogP contribution < -0.4 is 16.0 Å². The molecule has 1 rings (SSSR count). The van der Waals surface area contributed by atoms with E-state index in [2.05, 4.69) is 5.32 Å². The Morgan fingerprint density at radius 1 is 1.47 bits per heavy atom. The van der Waals surface area contributed by atoms with Crippen molar-refractivity contribution in [1.82, 2.24) is 5.32 Å². The Morgan fingerprint density at radius 3 is 2.80 bits per heavy atom. The molecule has 0 fully saturated rings. The van der Waals surface area contributed by atoms with Crippen LogP contribution in [0.25, 0.3) is 0 Å². The third-order valence-electron chi connectivity index (χ3n) is 2.05. The van der Waals surface area contributed by atoms with Crippen LogP contribution in [0.3, 0.4) is 0 Å². The normalized spacial score (nSPS) is 9.80. The lowest BCUT2D eigenvalue weighted by molar-refractivity contribution is 0.0955. The number of nitrogens with two attached hydrogens (primary N) is 1. The number of anilines is 1. The summed E-state index contributed by atoms with van der Waals surface area (Å²) < 4.78 is 0. The Bertz CT molecular complexity index is 336. The lowest BCUT2D eigenvalue weighted by Gasteiger charge is -2.13. The highest BCUT2D eigenvalue weighted by atomic mass is 16.1. The van der Waals surface area contributed by atoms with Gasteiger partial charge in [-0.05, 0) is 18.2 Å². The zero-order chi connectivity index (χ0) is 11.3. The van der Waals surface area contributed by atoms with Crippen molar-refractivity contribution in [3.8, 4) is 0 Å². The molecule has 15 heavy (non-hydrogen) atoms. The molecule has 3 N–H and O–H groups in total. The number of benzene rings is 1. The second-order valence-corrected chi connectivity index (χ2v) is 3.49. The van der Waals surface area contributed by atoms with E-state index in [1.54, 1.807) is 6.07 Å². The fourth-order valence-electron chi connectivity index (χ4n) is 1.21. The highest BCUT2D eigenvalue weighted by Crippen LogP contribution is 2.12. The minimum atomic E-state index is -0.0795. The first-order chi connectivity index (χ1) is 7.15. The van der Waals surface area contributed by atoms with Crippen LogP contribution in [0.5, 0.6) is 0 Å². The van der Waals surface area contributed by atoms with E-state index in [1.807, 2.05) is 37.2 Å². The van der Waals surface area contributed by atoms with Gasteiger partial charge in [-0.1, -0.05) is 6.07 Å². The number of nitrogens with one attached hydrogen (secondary N) is 1. The second-order valence-electron chi connectivity index (χ2n) is 3.49. The highest BCUT2D eigenvalue weighted by molar-refractivity contribution is 5.95. The summed E-state index contributed by atoms with van der Waals surface area (Å²) in [7, 11) is 3.88. The summed E-state index contributed by atoms with van der Waals surface area (Å²) in [6, 6.07) is 7.47. The lowest BCUT2D eigenvalue weighted by Crippen LogP contribution is -2.29. The van der Waals surface area contributed by atoms with Gasteiger partial charge >= 0.3 is 0 Å². The molecule has 0 aromatic heterocycles. The number of hydrogen-bond donors (Lipinski definition) is 2. The molecule has 0 bridgehead atoms. The van der Waals surface area contributed by atoms with Crippen molar-refractivity contribution in [3.05, 3.63) is 29.8 Å². The van der Waals surface area contributed by atoms with Crippen LogP contribution in [0.1, 0.15) is 10.4 Å². The molecule has 0 saturated carbocycles. The smallest absolute Gasteiger partial charge is 0.251 e. The van der Waals surface area contributed by atoms with Gasteiger partial charge in [0.15, 0.2) is 0 Å². The first-order valence-electron chi connectivity index (χ1n) is 4.91. The fourth-order valence-corrected chi connectivity index (χ4v) is 1.21. The molecule has 0 saturated heterocycles. The predicted octanol–water partition coefficient (Wildman–Crippen LogP) is 0.441. The summed E-state index contributed by atoms with van der Waals surface area (Å²) >= 11 is 0. The van der Waals surface area contributed by atoms with E-state index in [9.17, 15) is 4.79 Å². The molecule has 82 valence electrons. The van der Waals surface area contributed by atoms with Gasteiger partial charge < -0.3 is 16.0 Å². The monoisotopic (exact) mass is 207 g/mol. The van der Waals surface area contributed by atoms with E-state index in [0.29, 0.717) is 18.7 Å². The van der Waals surface area contributed by atoms with Crippen LogP contribution in [0.15, 0.2) is 24.3 Å². The van der Waals surface area contributed by atoms with Crippen LogP contribution in [0.2, 0.25) is 0 Å². The molecule has 1 aromatic carbocycles. The zero-order valence-corrected chi connectivity index (χ0v) is 9.16. The SMILES string of the molecule is CN(C)c1cccc(C(=O)NCCN)c1. The van der Waals surface area contributed by atoms with Gasteiger partial charge in [-0.3, -0.25) is 4.79 Å². The average Bonchev–Trinajstić information content (AvgIpc) is 2.26. The quantitative estimate of drug-likeness (QED) is 0.753. The Morgan fingerprint density at radius 2 is 2.20 bits per heavy atom. The molecule has 4 nitrogen and oxygen atoms in total. The maximum absolute atomic E-state index is 11.6. The molecule has 0 aliphatic carbocycles. The third-order valence-corrected chi connectivity index (χ3v) is 2.05. The average molecular weight is 207 g/mol. The molecule has 1 amide bonds. The molecule has 0 aliphatic heterocycles. The Balaban J connectivity index is 2.76. The summed E-state index contributed by atoms with van der Waals surface area (Å²) in [5.74, 6) is -0.0795. The van der Waals surface area contributed by atoms with E-state index < -0.39 is 0 Å². The summed E-state index contributed by atoms with van der Waals surface area (Å²) in [5.41, 5.74) is 6.98. The molecule has 0 aliphatic rings. The molecule has 0 heterocycles. The Hall–Kier alpha value is -1.55. The minimum absolute atomic E-state index is 0.0795. The number of carbonyl (C=O) groups excluding carboxylic acids is 1. The maximum atomic E-state index is 11.6. The van der Waals surface area contributed by atoms with Gasteiger partial charge in [0.2, 0.25) is 0 Å². The number of amides is 1. The van der Waals surface area contributed by atoms with Gasteiger partial charge in [0.25, 0.3) is 5.91 Å².